The lowest BCUT2D eigenvalue weighted by molar-refractivity contribution is -0.123. The van der Waals surface area contributed by atoms with Gasteiger partial charge in [0.05, 0.1) is 30.9 Å². The van der Waals surface area contributed by atoms with Crippen molar-refractivity contribution in [3.63, 3.8) is 0 Å². The first kappa shape index (κ1) is 22.3. The van der Waals surface area contributed by atoms with Crippen LogP contribution in [0.15, 0.2) is 65.7 Å². The van der Waals surface area contributed by atoms with Crippen LogP contribution in [0.3, 0.4) is 0 Å². The molecule has 2 heterocycles. The molecule has 2 aromatic carbocycles. The fourth-order valence-electron chi connectivity index (χ4n) is 3.79. The van der Waals surface area contributed by atoms with Gasteiger partial charge in [0.15, 0.2) is 0 Å². The van der Waals surface area contributed by atoms with Crippen molar-refractivity contribution in [1.29, 1.82) is 0 Å². The van der Waals surface area contributed by atoms with Crippen LogP contribution in [0.4, 0.5) is 4.39 Å². The van der Waals surface area contributed by atoms with Gasteiger partial charge < -0.3 is 14.6 Å². The van der Waals surface area contributed by atoms with Crippen LogP contribution in [0.5, 0.6) is 5.75 Å². The van der Waals surface area contributed by atoms with Crippen molar-refractivity contribution in [2.75, 3.05) is 13.7 Å². The molecule has 3 aromatic rings. The van der Waals surface area contributed by atoms with Gasteiger partial charge in [-0.2, -0.15) is 0 Å². The van der Waals surface area contributed by atoms with Gasteiger partial charge in [-0.1, -0.05) is 18.2 Å². The molecule has 1 fully saturated rings. The summed E-state index contributed by atoms with van der Waals surface area (Å²) >= 11 is 0. The molecular weight excluding hydrogens is 421 g/mol. The molecule has 0 spiro atoms. The number of aromatic nitrogens is 2. The third kappa shape index (κ3) is 4.50. The zero-order valence-electron chi connectivity index (χ0n) is 19.0. The molecule has 33 heavy (non-hydrogen) atoms. The van der Waals surface area contributed by atoms with E-state index in [9.17, 15) is 9.18 Å². The van der Waals surface area contributed by atoms with Gasteiger partial charge in [0.25, 0.3) is 5.91 Å². The van der Waals surface area contributed by atoms with Crippen molar-refractivity contribution in [3.8, 4) is 11.4 Å². The molecule has 1 aliphatic heterocycles. The van der Waals surface area contributed by atoms with E-state index >= 15 is 0 Å². The first-order valence-electron chi connectivity index (χ1n) is 10.7. The van der Waals surface area contributed by atoms with E-state index < -0.39 is 0 Å². The van der Waals surface area contributed by atoms with Gasteiger partial charge in [-0.25, -0.2) is 9.37 Å². The molecule has 0 unspecified atom stereocenters. The number of guanidine groups is 1. The van der Waals surface area contributed by atoms with Crippen LogP contribution in [0.2, 0.25) is 0 Å². The number of nitrogens with one attached hydrogen (secondary N) is 1. The second-order valence-corrected chi connectivity index (χ2v) is 7.74. The highest BCUT2D eigenvalue weighted by Gasteiger charge is 2.35. The number of nitrogens with zero attached hydrogens (tertiary/aromatic N) is 4. The second kappa shape index (κ2) is 9.28. The Morgan fingerprint density at radius 3 is 2.64 bits per heavy atom. The molecule has 4 rings (SSSR count). The maximum Gasteiger partial charge on any atom is 0.277 e. The molecular formula is C25H26FN5O2. The summed E-state index contributed by atoms with van der Waals surface area (Å²) in [6, 6.07) is 11.5. The Hall–Kier alpha value is -3.94. The Bertz CT molecular complexity index is 1230. The number of aryl methyl sites for hydroxylation is 1. The van der Waals surface area contributed by atoms with E-state index in [1.54, 1.807) is 36.5 Å². The highest BCUT2D eigenvalue weighted by Crippen LogP contribution is 2.29. The minimum absolute atomic E-state index is 0.202. The second-order valence-electron chi connectivity index (χ2n) is 7.74. The quantitative estimate of drug-likeness (QED) is 0.574. The SMILES string of the molecule is CCN=C1NC(=Cc2ccc(-n3cnc(C)c3)c(OC)c2)C(=O)N1[C@@H](C)c1ccc(F)cc1. The Morgan fingerprint density at radius 2 is 2.00 bits per heavy atom. The maximum atomic E-state index is 13.4. The highest BCUT2D eigenvalue weighted by atomic mass is 19.1. The van der Waals surface area contributed by atoms with Crippen molar-refractivity contribution in [2.45, 2.75) is 26.8 Å². The fourth-order valence-corrected chi connectivity index (χ4v) is 3.79. The number of carbonyl (C=O) groups excluding carboxylic acids is 1. The molecule has 0 radical (unpaired) electrons. The fraction of sp³-hybridized carbons (Fsp3) is 0.240. The predicted molar refractivity (Wildman–Crippen MR) is 126 cm³/mol. The van der Waals surface area contributed by atoms with Gasteiger partial charge in [-0.05, 0) is 62.2 Å². The monoisotopic (exact) mass is 447 g/mol. The summed E-state index contributed by atoms with van der Waals surface area (Å²) < 4.78 is 20.8. The summed E-state index contributed by atoms with van der Waals surface area (Å²) in [4.78, 5) is 23.6. The van der Waals surface area contributed by atoms with E-state index in [4.69, 9.17) is 4.74 Å². The molecule has 1 aromatic heterocycles. The van der Waals surface area contributed by atoms with Crippen molar-refractivity contribution >= 4 is 17.9 Å². The smallest absolute Gasteiger partial charge is 0.277 e. The third-order valence-corrected chi connectivity index (χ3v) is 5.48. The summed E-state index contributed by atoms with van der Waals surface area (Å²) in [5, 5.41) is 3.15. The van der Waals surface area contributed by atoms with Gasteiger partial charge in [-0.15, -0.1) is 0 Å². The van der Waals surface area contributed by atoms with E-state index in [1.165, 1.54) is 12.1 Å². The van der Waals surface area contributed by atoms with Crippen LogP contribution in [-0.2, 0) is 4.79 Å². The number of halogens is 1. The van der Waals surface area contributed by atoms with E-state index in [-0.39, 0.29) is 17.8 Å². The number of methoxy groups -OCH3 is 1. The average Bonchev–Trinajstić information content (AvgIpc) is 3.37. The molecule has 0 bridgehead atoms. The molecule has 7 nitrogen and oxygen atoms in total. The van der Waals surface area contributed by atoms with Crippen LogP contribution in [0.25, 0.3) is 11.8 Å². The number of benzene rings is 2. The van der Waals surface area contributed by atoms with Gasteiger partial charge in [0, 0.05) is 12.7 Å². The molecule has 1 amide bonds. The number of ether oxygens (including phenoxy) is 1. The number of aliphatic imine (C=N–C) groups is 1. The van der Waals surface area contributed by atoms with Crippen LogP contribution in [0.1, 0.15) is 36.7 Å². The van der Waals surface area contributed by atoms with Crippen LogP contribution in [0, 0.1) is 12.7 Å². The average molecular weight is 448 g/mol. The van der Waals surface area contributed by atoms with Crippen LogP contribution >= 0.6 is 0 Å². The molecule has 8 heteroatoms. The summed E-state index contributed by atoms with van der Waals surface area (Å²) in [5.41, 5.74) is 3.78. The minimum atomic E-state index is -0.317. The minimum Gasteiger partial charge on any atom is -0.495 e. The van der Waals surface area contributed by atoms with Gasteiger partial charge in [0.2, 0.25) is 5.96 Å². The highest BCUT2D eigenvalue weighted by molar-refractivity contribution is 6.15. The molecule has 170 valence electrons. The molecule has 0 aliphatic carbocycles. The standard InChI is InChI=1S/C25H26FN5O2/c1-5-27-25-29-21(24(32)31(25)17(3)19-7-9-20(26)10-8-19)12-18-6-11-22(23(13-18)33-4)30-14-16(2)28-15-30/h6-15,17H,5H2,1-4H3,(H,27,29)/t17-/m0/s1. The number of rotatable bonds is 6. The number of amides is 1. The summed E-state index contributed by atoms with van der Waals surface area (Å²) in [6.45, 7) is 6.24. The van der Waals surface area contributed by atoms with Crippen molar-refractivity contribution in [1.82, 2.24) is 19.8 Å². The van der Waals surface area contributed by atoms with Gasteiger partial charge in [0.1, 0.15) is 17.3 Å². The predicted octanol–water partition coefficient (Wildman–Crippen LogP) is 4.24. The first-order valence-corrected chi connectivity index (χ1v) is 10.7. The lowest BCUT2D eigenvalue weighted by atomic mass is 10.1. The Labute approximate surface area is 192 Å². The summed E-state index contributed by atoms with van der Waals surface area (Å²) in [6.07, 6.45) is 5.42. The maximum absolute atomic E-state index is 13.4. The van der Waals surface area contributed by atoms with E-state index in [1.807, 2.05) is 49.7 Å². The summed E-state index contributed by atoms with van der Waals surface area (Å²) in [5.74, 6) is 0.615. The Kier molecular flexibility index (Phi) is 6.26. The molecule has 1 N–H and O–H groups in total. The topological polar surface area (TPSA) is 71.7 Å². The normalized spacial score (nSPS) is 17.0. The van der Waals surface area contributed by atoms with Gasteiger partial charge >= 0.3 is 0 Å². The largest absolute Gasteiger partial charge is 0.495 e. The number of imidazole rings is 1. The number of hydrogen-bond donors (Lipinski definition) is 1. The Balaban J connectivity index is 1.66. The third-order valence-electron chi connectivity index (χ3n) is 5.48. The van der Waals surface area contributed by atoms with Crippen molar-refractivity contribution in [3.05, 3.63) is 83.3 Å². The first-order chi connectivity index (χ1) is 15.9. The Morgan fingerprint density at radius 1 is 1.24 bits per heavy atom. The number of carbonyl (C=O) groups is 1. The summed E-state index contributed by atoms with van der Waals surface area (Å²) in [7, 11) is 1.61. The molecule has 0 saturated carbocycles. The van der Waals surface area contributed by atoms with Crippen molar-refractivity contribution < 1.29 is 13.9 Å². The van der Waals surface area contributed by atoms with Crippen LogP contribution in [-0.4, -0.2) is 40.0 Å². The lowest BCUT2D eigenvalue weighted by Gasteiger charge is -2.23. The van der Waals surface area contributed by atoms with E-state index in [0.717, 1.165) is 22.5 Å². The molecule has 1 aliphatic rings. The van der Waals surface area contributed by atoms with E-state index in [0.29, 0.717) is 24.0 Å². The number of hydrogen-bond acceptors (Lipinski definition) is 4. The van der Waals surface area contributed by atoms with Crippen molar-refractivity contribution in [2.24, 2.45) is 4.99 Å². The zero-order valence-corrected chi connectivity index (χ0v) is 19.0. The van der Waals surface area contributed by atoms with Crippen LogP contribution < -0.4 is 10.1 Å². The van der Waals surface area contributed by atoms with Gasteiger partial charge in [-0.3, -0.25) is 14.7 Å². The zero-order chi connectivity index (χ0) is 23.5. The van der Waals surface area contributed by atoms with E-state index in [2.05, 4.69) is 15.3 Å². The molecule has 1 atom stereocenters. The lowest BCUT2D eigenvalue weighted by Crippen LogP contribution is -2.35. The molecule has 1 saturated heterocycles.